The summed E-state index contributed by atoms with van der Waals surface area (Å²) >= 11 is 0. The third kappa shape index (κ3) is 2.21. The van der Waals surface area contributed by atoms with Gasteiger partial charge in [0.05, 0.1) is 6.20 Å². The van der Waals surface area contributed by atoms with Gasteiger partial charge in [0.15, 0.2) is 5.69 Å². The smallest absolute Gasteiger partial charge is 0.276 e. The second-order valence-electron chi connectivity index (χ2n) is 4.37. The summed E-state index contributed by atoms with van der Waals surface area (Å²) in [6.45, 7) is 1.59. The molecule has 2 rings (SSSR count). The van der Waals surface area contributed by atoms with Gasteiger partial charge >= 0.3 is 0 Å². The monoisotopic (exact) mass is 223 g/mol. The molecule has 1 fully saturated rings. The molecule has 1 N–H and O–H groups in total. The van der Waals surface area contributed by atoms with Crippen LogP contribution in [0.15, 0.2) is 6.20 Å². The van der Waals surface area contributed by atoms with Gasteiger partial charge in [-0.1, -0.05) is 0 Å². The van der Waals surface area contributed by atoms with Gasteiger partial charge in [0.1, 0.15) is 0 Å². The number of amides is 1. The van der Waals surface area contributed by atoms with Crippen molar-refractivity contribution in [1.82, 2.24) is 25.2 Å². The molecule has 1 aromatic rings. The van der Waals surface area contributed by atoms with E-state index in [0.717, 1.165) is 25.9 Å². The summed E-state index contributed by atoms with van der Waals surface area (Å²) in [5, 5.41) is 9.94. The Labute approximate surface area is 94.6 Å². The molecule has 0 saturated carbocycles. The van der Waals surface area contributed by atoms with Gasteiger partial charge < -0.3 is 9.80 Å². The number of aromatic amines is 1. The predicted octanol–water partition coefficient (Wildman–Crippen LogP) is -0.0291. The molecule has 0 spiro atoms. The zero-order valence-corrected chi connectivity index (χ0v) is 9.68. The summed E-state index contributed by atoms with van der Waals surface area (Å²) in [6.07, 6.45) is 3.67. The van der Waals surface area contributed by atoms with E-state index in [4.69, 9.17) is 0 Å². The molecule has 2 heterocycles. The zero-order valence-electron chi connectivity index (χ0n) is 9.68. The fourth-order valence-corrected chi connectivity index (χ4v) is 2.03. The molecule has 6 heteroatoms. The molecule has 1 aliphatic rings. The number of hydrogen-bond acceptors (Lipinski definition) is 4. The Morgan fingerprint density at radius 2 is 2.44 bits per heavy atom. The second kappa shape index (κ2) is 4.61. The van der Waals surface area contributed by atoms with Crippen molar-refractivity contribution in [2.45, 2.75) is 18.9 Å². The fourth-order valence-electron chi connectivity index (χ4n) is 2.03. The van der Waals surface area contributed by atoms with Gasteiger partial charge in [0.2, 0.25) is 0 Å². The van der Waals surface area contributed by atoms with E-state index in [2.05, 4.69) is 34.4 Å². The van der Waals surface area contributed by atoms with E-state index in [1.54, 1.807) is 0 Å². The minimum atomic E-state index is -0.0275. The van der Waals surface area contributed by atoms with E-state index < -0.39 is 0 Å². The molecule has 0 aliphatic carbocycles. The lowest BCUT2D eigenvalue weighted by molar-refractivity contribution is 0.0629. The molecule has 88 valence electrons. The number of rotatable bonds is 2. The van der Waals surface area contributed by atoms with Gasteiger partial charge in [0, 0.05) is 19.1 Å². The number of nitrogens with one attached hydrogen (secondary N) is 1. The lowest BCUT2D eigenvalue weighted by atomic mass is 10.0. The predicted molar refractivity (Wildman–Crippen MR) is 59.0 cm³/mol. The van der Waals surface area contributed by atoms with E-state index in [-0.39, 0.29) is 5.91 Å². The number of likely N-dealkylation sites (tertiary alicyclic amines) is 1. The van der Waals surface area contributed by atoms with Crippen LogP contribution in [0.5, 0.6) is 0 Å². The average Bonchev–Trinajstić information content (AvgIpc) is 2.81. The first-order valence-corrected chi connectivity index (χ1v) is 5.50. The topological polar surface area (TPSA) is 65.1 Å². The maximum atomic E-state index is 12.0. The van der Waals surface area contributed by atoms with Crippen molar-refractivity contribution >= 4 is 5.91 Å². The zero-order chi connectivity index (χ0) is 11.5. The van der Waals surface area contributed by atoms with Crippen LogP contribution in [0.4, 0.5) is 0 Å². The molecular weight excluding hydrogens is 206 g/mol. The molecule has 0 aromatic carbocycles. The van der Waals surface area contributed by atoms with Gasteiger partial charge in [-0.3, -0.25) is 4.79 Å². The van der Waals surface area contributed by atoms with Crippen LogP contribution < -0.4 is 0 Å². The van der Waals surface area contributed by atoms with Crippen LogP contribution >= 0.6 is 0 Å². The number of piperidine rings is 1. The molecule has 0 bridgehead atoms. The Balaban J connectivity index is 2.02. The molecule has 1 amide bonds. The number of likely N-dealkylation sites (N-methyl/N-ethyl adjacent to an activating group) is 1. The lowest BCUT2D eigenvalue weighted by Crippen LogP contribution is -2.47. The van der Waals surface area contributed by atoms with Crippen molar-refractivity contribution in [3.8, 4) is 0 Å². The summed E-state index contributed by atoms with van der Waals surface area (Å²) in [5.41, 5.74) is 0.402. The van der Waals surface area contributed by atoms with Crippen LogP contribution in [0.1, 0.15) is 23.3 Å². The van der Waals surface area contributed by atoms with E-state index in [0.29, 0.717) is 11.7 Å². The minimum Gasteiger partial charge on any atom is -0.336 e. The Morgan fingerprint density at radius 3 is 3.06 bits per heavy atom. The van der Waals surface area contributed by atoms with Gasteiger partial charge in [-0.25, -0.2) is 0 Å². The SMILES string of the molecule is CN(C)C1CCCN(C(=O)c2cn[nH]n2)C1. The van der Waals surface area contributed by atoms with Crippen molar-refractivity contribution in [3.63, 3.8) is 0 Å². The van der Waals surface area contributed by atoms with Crippen LogP contribution in [-0.4, -0.2) is 64.3 Å². The molecule has 1 saturated heterocycles. The number of carbonyl (C=O) groups excluding carboxylic acids is 1. The van der Waals surface area contributed by atoms with Crippen LogP contribution in [-0.2, 0) is 0 Å². The largest absolute Gasteiger partial charge is 0.336 e. The molecule has 16 heavy (non-hydrogen) atoms. The molecule has 6 nitrogen and oxygen atoms in total. The van der Waals surface area contributed by atoms with Crippen LogP contribution in [0, 0.1) is 0 Å². The third-order valence-electron chi connectivity index (χ3n) is 3.05. The second-order valence-corrected chi connectivity index (χ2v) is 4.37. The molecule has 0 radical (unpaired) electrons. The minimum absolute atomic E-state index is 0.0275. The Hall–Kier alpha value is -1.43. The Kier molecular flexibility index (Phi) is 3.19. The summed E-state index contributed by atoms with van der Waals surface area (Å²) < 4.78 is 0. The summed E-state index contributed by atoms with van der Waals surface area (Å²) in [5.74, 6) is -0.0275. The average molecular weight is 223 g/mol. The first-order valence-electron chi connectivity index (χ1n) is 5.50. The highest BCUT2D eigenvalue weighted by molar-refractivity contribution is 5.91. The van der Waals surface area contributed by atoms with Crippen LogP contribution in [0.25, 0.3) is 0 Å². The number of hydrogen-bond donors (Lipinski definition) is 1. The van der Waals surface area contributed by atoms with Gasteiger partial charge in [0.25, 0.3) is 5.91 Å². The molecular formula is C10H17N5O. The molecule has 1 aliphatic heterocycles. The van der Waals surface area contributed by atoms with Crippen LogP contribution in [0.2, 0.25) is 0 Å². The van der Waals surface area contributed by atoms with Crippen molar-refractivity contribution < 1.29 is 4.79 Å². The third-order valence-corrected chi connectivity index (χ3v) is 3.05. The molecule has 1 atom stereocenters. The lowest BCUT2D eigenvalue weighted by Gasteiger charge is -2.35. The quantitative estimate of drug-likeness (QED) is 0.764. The normalized spacial score (nSPS) is 21.4. The Morgan fingerprint density at radius 1 is 1.62 bits per heavy atom. The number of aromatic nitrogens is 3. The first kappa shape index (κ1) is 11.1. The van der Waals surface area contributed by atoms with E-state index >= 15 is 0 Å². The standard InChI is InChI=1S/C10H17N5O/c1-14(2)8-4-3-5-15(7-8)10(16)9-6-11-13-12-9/h6,8H,3-5,7H2,1-2H3,(H,11,12,13). The van der Waals surface area contributed by atoms with E-state index in [1.165, 1.54) is 6.20 Å². The number of nitrogens with zero attached hydrogens (tertiary/aromatic N) is 4. The highest BCUT2D eigenvalue weighted by Gasteiger charge is 2.26. The van der Waals surface area contributed by atoms with Crippen molar-refractivity contribution in [2.75, 3.05) is 27.2 Å². The first-order chi connectivity index (χ1) is 7.68. The fraction of sp³-hybridized carbons (Fsp3) is 0.700. The van der Waals surface area contributed by atoms with E-state index in [9.17, 15) is 4.79 Å². The summed E-state index contributed by atoms with van der Waals surface area (Å²) in [6, 6.07) is 0.449. The summed E-state index contributed by atoms with van der Waals surface area (Å²) in [7, 11) is 4.10. The van der Waals surface area contributed by atoms with Crippen molar-refractivity contribution in [3.05, 3.63) is 11.9 Å². The molecule has 1 unspecified atom stereocenters. The van der Waals surface area contributed by atoms with Gasteiger partial charge in [-0.15, -0.1) is 0 Å². The highest BCUT2D eigenvalue weighted by Crippen LogP contribution is 2.15. The Bertz CT molecular complexity index is 348. The van der Waals surface area contributed by atoms with E-state index in [1.807, 2.05) is 4.90 Å². The van der Waals surface area contributed by atoms with Crippen LogP contribution in [0.3, 0.4) is 0 Å². The van der Waals surface area contributed by atoms with Crippen molar-refractivity contribution in [1.29, 1.82) is 0 Å². The van der Waals surface area contributed by atoms with Crippen molar-refractivity contribution in [2.24, 2.45) is 0 Å². The maximum absolute atomic E-state index is 12.0. The maximum Gasteiger partial charge on any atom is 0.276 e. The summed E-state index contributed by atoms with van der Waals surface area (Å²) in [4.78, 5) is 16.0. The highest BCUT2D eigenvalue weighted by atomic mass is 16.2. The molecule has 1 aromatic heterocycles. The number of carbonyl (C=O) groups is 1. The van der Waals surface area contributed by atoms with Gasteiger partial charge in [-0.05, 0) is 26.9 Å². The van der Waals surface area contributed by atoms with Gasteiger partial charge in [-0.2, -0.15) is 15.4 Å². The number of H-pyrrole nitrogens is 1.